The van der Waals surface area contributed by atoms with Crippen molar-refractivity contribution in [1.82, 2.24) is 0 Å². The van der Waals surface area contributed by atoms with Crippen LogP contribution in [-0.4, -0.2) is 11.2 Å². The Morgan fingerprint density at radius 2 is 1.73 bits per heavy atom. The van der Waals surface area contributed by atoms with Gasteiger partial charge < -0.3 is 5.11 Å². The zero-order valence-corrected chi connectivity index (χ0v) is 10.2. The first-order chi connectivity index (χ1) is 6.89. The largest absolute Gasteiger partial charge is 0.393 e. The molecule has 0 bridgehead atoms. The van der Waals surface area contributed by atoms with Gasteiger partial charge in [-0.1, -0.05) is 43.7 Å². The van der Waals surface area contributed by atoms with Gasteiger partial charge in [-0.05, 0) is 37.7 Å². The van der Waals surface area contributed by atoms with Crippen molar-refractivity contribution in [3.05, 3.63) is 35.4 Å². The molecule has 1 aromatic carbocycles. The zero-order chi connectivity index (χ0) is 11.5. The van der Waals surface area contributed by atoms with Crippen LogP contribution in [0.5, 0.6) is 0 Å². The van der Waals surface area contributed by atoms with Crippen LogP contribution in [0.3, 0.4) is 0 Å². The summed E-state index contributed by atoms with van der Waals surface area (Å²) in [5.41, 5.74) is 2.82. The quantitative estimate of drug-likeness (QED) is 0.801. The third-order valence-electron chi connectivity index (χ3n) is 2.65. The van der Waals surface area contributed by atoms with Crippen LogP contribution in [0.15, 0.2) is 24.3 Å². The van der Waals surface area contributed by atoms with Gasteiger partial charge in [0.15, 0.2) is 0 Å². The zero-order valence-electron chi connectivity index (χ0n) is 10.2. The molecule has 1 rings (SSSR count). The molecule has 0 saturated heterocycles. The Bertz CT molecular complexity index is 296. The van der Waals surface area contributed by atoms with Crippen LogP contribution in [-0.2, 0) is 6.42 Å². The van der Waals surface area contributed by atoms with E-state index >= 15 is 0 Å². The first-order valence-corrected chi connectivity index (χ1v) is 5.63. The van der Waals surface area contributed by atoms with Gasteiger partial charge in [0.05, 0.1) is 6.10 Å². The SMILES string of the molecule is Cc1ccc(CC(C)(C)CC(C)O)cc1. The number of rotatable bonds is 4. The number of aliphatic hydroxyl groups is 1. The smallest absolute Gasteiger partial charge is 0.0517 e. The van der Waals surface area contributed by atoms with Crippen LogP contribution in [0.1, 0.15) is 38.3 Å². The maximum atomic E-state index is 9.41. The molecule has 1 N–H and O–H groups in total. The van der Waals surface area contributed by atoms with E-state index < -0.39 is 0 Å². The fourth-order valence-electron chi connectivity index (χ4n) is 2.13. The normalized spacial score (nSPS) is 13.9. The first kappa shape index (κ1) is 12.3. The minimum absolute atomic E-state index is 0.170. The summed E-state index contributed by atoms with van der Waals surface area (Å²) < 4.78 is 0. The Kier molecular flexibility index (Phi) is 3.92. The van der Waals surface area contributed by atoms with Crippen LogP contribution in [0.2, 0.25) is 0 Å². The summed E-state index contributed by atoms with van der Waals surface area (Å²) in [4.78, 5) is 0. The third-order valence-corrected chi connectivity index (χ3v) is 2.65. The number of benzene rings is 1. The van der Waals surface area contributed by atoms with Crippen molar-refractivity contribution in [3.63, 3.8) is 0 Å². The van der Waals surface area contributed by atoms with Gasteiger partial charge >= 0.3 is 0 Å². The topological polar surface area (TPSA) is 20.2 Å². The Hall–Kier alpha value is -0.820. The van der Waals surface area contributed by atoms with Crippen LogP contribution < -0.4 is 0 Å². The molecule has 0 aliphatic heterocycles. The molecule has 0 radical (unpaired) electrons. The van der Waals surface area contributed by atoms with E-state index in [1.165, 1.54) is 11.1 Å². The standard InChI is InChI=1S/C14H22O/c1-11-5-7-13(8-6-11)10-14(3,4)9-12(2)15/h5-8,12,15H,9-10H2,1-4H3. The van der Waals surface area contributed by atoms with Crippen molar-refractivity contribution in [2.24, 2.45) is 5.41 Å². The molecule has 0 aliphatic rings. The van der Waals surface area contributed by atoms with Gasteiger partial charge in [-0.2, -0.15) is 0 Å². The minimum Gasteiger partial charge on any atom is -0.393 e. The van der Waals surface area contributed by atoms with E-state index in [-0.39, 0.29) is 11.5 Å². The number of hydrogen-bond acceptors (Lipinski definition) is 1. The fraction of sp³-hybridized carbons (Fsp3) is 0.571. The van der Waals surface area contributed by atoms with Crippen LogP contribution in [0, 0.1) is 12.3 Å². The lowest BCUT2D eigenvalue weighted by atomic mass is 9.81. The maximum absolute atomic E-state index is 9.41. The molecule has 0 fully saturated rings. The minimum atomic E-state index is -0.217. The molecule has 0 amide bonds. The van der Waals surface area contributed by atoms with Crippen molar-refractivity contribution in [2.45, 2.75) is 46.6 Å². The molecule has 0 aromatic heterocycles. The predicted octanol–water partition coefficient (Wildman–Crippen LogP) is 3.33. The molecule has 1 atom stereocenters. The monoisotopic (exact) mass is 206 g/mol. The van der Waals surface area contributed by atoms with Crippen molar-refractivity contribution < 1.29 is 5.11 Å². The molecule has 1 nitrogen and oxygen atoms in total. The summed E-state index contributed by atoms with van der Waals surface area (Å²) >= 11 is 0. The molecule has 1 aromatic rings. The lowest BCUT2D eigenvalue weighted by Gasteiger charge is -2.26. The summed E-state index contributed by atoms with van der Waals surface area (Å²) in [6.07, 6.45) is 1.66. The highest BCUT2D eigenvalue weighted by Crippen LogP contribution is 2.27. The van der Waals surface area contributed by atoms with E-state index in [1.807, 2.05) is 6.92 Å². The highest BCUT2D eigenvalue weighted by Gasteiger charge is 2.20. The van der Waals surface area contributed by atoms with Crippen LogP contribution >= 0.6 is 0 Å². The molecule has 15 heavy (non-hydrogen) atoms. The Labute approximate surface area is 93.1 Å². The summed E-state index contributed by atoms with van der Waals surface area (Å²) in [7, 11) is 0. The second-order valence-electron chi connectivity index (χ2n) is 5.38. The second kappa shape index (κ2) is 4.80. The summed E-state index contributed by atoms with van der Waals surface area (Å²) in [6, 6.07) is 8.65. The van der Waals surface area contributed by atoms with Crippen molar-refractivity contribution in [3.8, 4) is 0 Å². The van der Waals surface area contributed by atoms with Gasteiger partial charge in [0, 0.05) is 0 Å². The van der Waals surface area contributed by atoms with E-state index in [9.17, 15) is 5.11 Å². The van der Waals surface area contributed by atoms with Gasteiger partial charge in [-0.25, -0.2) is 0 Å². The maximum Gasteiger partial charge on any atom is 0.0517 e. The molecule has 0 saturated carbocycles. The molecule has 84 valence electrons. The van der Waals surface area contributed by atoms with E-state index in [4.69, 9.17) is 0 Å². The Balaban J connectivity index is 2.64. The average molecular weight is 206 g/mol. The van der Waals surface area contributed by atoms with E-state index in [2.05, 4.69) is 45.0 Å². The Morgan fingerprint density at radius 1 is 1.20 bits per heavy atom. The van der Waals surface area contributed by atoms with Gasteiger partial charge in [-0.3, -0.25) is 0 Å². The van der Waals surface area contributed by atoms with Crippen molar-refractivity contribution in [1.29, 1.82) is 0 Å². The first-order valence-electron chi connectivity index (χ1n) is 5.63. The van der Waals surface area contributed by atoms with Gasteiger partial charge in [0.1, 0.15) is 0 Å². The summed E-state index contributed by atoms with van der Waals surface area (Å²) in [6.45, 7) is 8.38. The highest BCUT2D eigenvalue weighted by atomic mass is 16.3. The third kappa shape index (κ3) is 4.48. The van der Waals surface area contributed by atoms with E-state index in [0.29, 0.717) is 0 Å². The lowest BCUT2D eigenvalue weighted by Crippen LogP contribution is -2.21. The van der Waals surface area contributed by atoms with E-state index in [0.717, 1.165) is 12.8 Å². The number of aryl methyl sites for hydroxylation is 1. The molecule has 0 heterocycles. The molecule has 0 aliphatic carbocycles. The van der Waals surface area contributed by atoms with Crippen LogP contribution in [0.25, 0.3) is 0 Å². The average Bonchev–Trinajstić information content (AvgIpc) is 2.06. The molecule has 1 heteroatoms. The molecular formula is C14H22O. The second-order valence-corrected chi connectivity index (χ2v) is 5.38. The predicted molar refractivity (Wildman–Crippen MR) is 65.0 cm³/mol. The number of aliphatic hydroxyl groups excluding tert-OH is 1. The highest BCUT2D eigenvalue weighted by molar-refractivity contribution is 5.22. The fourth-order valence-corrected chi connectivity index (χ4v) is 2.13. The van der Waals surface area contributed by atoms with Crippen LogP contribution in [0.4, 0.5) is 0 Å². The van der Waals surface area contributed by atoms with Crippen molar-refractivity contribution in [2.75, 3.05) is 0 Å². The molecular weight excluding hydrogens is 184 g/mol. The van der Waals surface area contributed by atoms with Gasteiger partial charge in [0.25, 0.3) is 0 Å². The van der Waals surface area contributed by atoms with E-state index in [1.54, 1.807) is 0 Å². The Morgan fingerprint density at radius 3 is 2.20 bits per heavy atom. The molecule has 1 unspecified atom stereocenters. The lowest BCUT2D eigenvalue weighted by molar-refractivity contribution is 0.129. The van der Waals surface area contributed by atoms with Crippen molar-refractivity contribution >= 4 is 0 Å². The van der Waals surface area contributed by atoms with Gasteiger partial charge in [0.2, 0.25) is 0 Å². The molecule has 0 spiro atoms. The number of hydrogen-bond donors (Lipinski definition) is 1. The van der Waals surface area contributed by atoms with Gasteiger partial charge in [-0.15, -0.1) is 0 Å². The summed E-state index contributed by atoms with van der Waals surface area (Å²) in [5.74, 6) is 0. The summed E-state index contributed by atoms with van der Waals surface area (Å²) in [5, 5.41) is 9.41.